The van der Waals surface area contributed by atoms with Gasteiger partial charge in [0.1, 0.15) is 17.1 Å². The van der Waals surface area contributed by atoms with Crippen molar-refractivity contribution in [2.75, 3.05) is 20.2 Å². The standard InChI is InChI=1S/C18H16BrN3OS/c1-23-15-7-5-12(6-8-15)18(13-3-2-4-14(19)11-13)16-20-9-10-22(16)17(24)21-18/h2-8,11H,9-10H2,1H3,(H,21,24). The van der Waals surface area contributed by atoms with Gasteiger partial charge in [-0.05, 0) is 47.6 Å². The topological polar surface area (TPSA) is 36.9 Å². The molecule has 2 heterocycles. The van der Waals surface area contributed by atoms with Crippen LogP contribution < -0.4 is 10.1 Å². The minimum Gasteiger partial charge on any atom is -0.497 e. The van der Waals surface area contributed by atoms with Crippen molar-refractivity contribution in [2.45, 2.75) is 5.54 Å². The fourth-order valence-electron chi connectivity index (χ4n) is 3.38. The van der Waals surface area contributed by atoms with Gasteiger partial charge in [-0.1, -0.05) is 40.2 Å². The number of fused-ring (bicyclic) bond motifs is 1. The largest absolute Gasteiger partial charge is 0.497 e. The first kappa shape index (κ1) is 15.6. The van der Waals surface area contributed by atoms with Crippen LogP contribution in [0.1, 0.15) is 11.1 Å². The molecule has 4 rings (SSSR count). The van der Waals surface area contributed by atoms with Crippen LogP contribution in [0.3, 0.4) is 0 Å². The lowest BCUT2D eigenvalue weighted by Gasteiger charge is -2.30. The second-order valence-electron chi connectivity index (χ2n) is 5.78. The first-order chi connectivity index (χ1) is 11.6. The SMILES string of the molecule is COc1ccc(C2(c3cccc(Br)c3)NC(=S)N3CCN=C32)cc1. The number of halogens is 1. The summed E-state index contributed by atoms with van der Waals surface area (Å²) < 4.78 is 6.33. The zero-order chi connectivity index (χ0) is 16.7. The molecule has 0 aliphatic carbocycles. The second-order valence-corrected chi connectivity index (χ2v) is 7.08. The number of hydrogen-bond acceptors (Lipinski definition) is 3. The van der Waals surface area contributed by atoms with Gasteiger partial charge >= 0.3 is 0 Å². The molecular weight excluding hydrogens is 386 g/mol. The van der Waals surface area contributed by atoms with Crippen molar-refractivity contribution in [3.63, 3.8) is 0 Å². The van der Waals surface area contributed by atoms with Crippen LogP contribution in [0.5, 0.6) is 5.75 Å². The summed E-state index contributed by atoms with van der Waals surface area (Å²) in [5, 5.41) is 4.26. The molecule has 0 bridgehead atoms. The lowest BCUT2D eigenvalue weighted by atomic mass is 9.82. The highest BCUT2D eigenvalue weighted by atomic mass is 79.9. The monoisotopic (exact) mass is 401 g/mol. The third-order valence-electron chi connectivity index (χ3n) is 4.50. The van der Waals surface area contributed by atoms with E-state index in [2.05, 4.69) is 50.4 Å². The molecule has 2 aromatic carbocycles. The molecule has 0 saturated carbocycles. The van der Waals surface area contributed by atoms with Crippen LogP contribution in [0.4, 0.5) is 0 Å². The normalized spacial score (nSPS) is 22.2. The fraction of sp³-hybridized carbons (Fsp3) is 0.222. The number of nitrogens with one attached hydrogen (secondary N) is 1. The van der Waals surface area contributed by atoms with Crippen LogP contribution in [0.15, 0.2) is 58.0 Å². The average Bonchev–Trinajstić information content (AvgIpc) is 3.19. The molecule has 2 aliphatic rings. The molecule has 0 amide bonds. The van der Waals surface area contributed by atoms with Gasteiger partial charge in [0.15, 0.2) is 5.11 Å². The van der Waals surface area contributed by atoms with E-state index in [-0.39, 0.29) is 0 Å². The van der Waals surface area contributed by atoms with Crippen LogP contribution in [0.2, 0.25) is 0 Å². The number of methoxy groups -OCH3 is 1. The van der Waals surface area contributed by atoms with E-state index in [9.17, 15) is 0 Å². The lowest BCUT2D eigenvalue weighted by molar-refractivity contribution is 0.414. The number of thiocarbonyl (C=S) groups is 1. The van der Waals surface area contributed by atoms with E-state index in [1.807, 2.05) is 24.3 Å². The van der Waals surface area contributed by atoms with Gasteiger partial charge in [-0.15, -0.1) is 0 Å². The van der Waals surface area contributed by atoms with Crippen LogP contribution in [0.25, 0.3) is 0 Å². The maximum absolute atomic E-state index is 5.58. The zero-order valence-electron chi connectivity index (χ0n) is 13.1. The highest BCUT2D eigenvalue weighted by molar-refractivity contribution is 9.10. The van der Waals surface area contributed by atoms with Crippen molar-refractivity contribution in [2.24, 2.45) is 4.99 Å². The second kappa shape index (κ2) is 5.86. The summed E-state index contributed by atoms with van der Waals surface area (Å²) in [4.78, 5) is 6.87. The van der Waals surface area contributed by atoms with E-state index in [1.54, 1.807) is 7.11 Å². The number of aliphatic imine (C=N–C) groups is 1. The molecular formula is C18H16BrN3OS. The van der Waals surface area contributed by atoms with Crippen molar-refractivity contribution in [1.29, 1.82) is 0 Å². The molecule has 122 valence electrons. The van der Waals surface area contributed by atoms with E-state index < -0.39 is 5.54 Å². The van der Waals surface area contributed by atoms with Gasteiger partial charge in [0.05, 0.1) is 13.7 Å². The molecule has 1 saturated heterocycles. The number of rotatable bonds is 3. The van der Waals surface area contributed by atoms with Gasteiger partial charge in [0.2, 0.25) is 0 Å². The Labute approximate surface area is 154 Å². The van der Waals surface area contributed by atoms with Crippen molar-refractivity contribution in [3.05, 3.63) is 64.1 Å². The highest BCUT2D eigenvalue weighted by Gasteiger charge is 2.51. The van der Waals surface area contributed by atoms with Crippen LogP contribution in [-0.2, 0) is 5.54 Å². The van der Waals surface area contributed by atoms with E-state index in [0.717, 1.165) is 45.4 Å². The molecule has 4 nitrogen and oxygen atoms in total. The van der Waals surface area contributed by atoms with Gasteiger partial charge in [-0.2, -0.15) is 0 Å². The van der Waals surface area contributed by atoms with Gasteiger partial charge in [-0.25, -0.2) is 0 Å². The Morgan fingerprint density at radius 2 is 2.00 bits per heavy atom. The molecule has 0 radical (unpaired) electrons. The molecule has 2 aliphatic heterocycles. The lowest BCUT2D eigenvalue weighted by Crippen LogP contribution is -2.44. The Kier molecular flexibility index (Phi) is 3.81. The van der Waals surface area contributed by atoms with Crippen LogP contribution in [0, 0.1) is 0 Å². The van der Waals surface area contributed by atoms with Gasteiger partial charge in [0, 0.05) is 11.0 Å². The van der Waals surface area contributed by atoms with E-state index >= 15 is 0 Å². The van der Waals surface area contributed by atoms with E-state index in [1.165, 1.54) is 0 Å². The highest BCUT2D eigenvalue weighted by Crippen LogP contribution is 2.39. The Hall–Kier alpha value is -1.92. The molecule has 1 unspecified atom stereocenters. The third-order valence-corrected chi connectivity index (χ3v) is 5.31. The summed E-state index contributed by atoms with van der Waals surface area (Å²) in [6.07, 6.45) is 0. The number of hydrogen-bond donors (Lipinski definition) is 1. The number of benzene rings is 2. The molecule has 2 aromatic rings. The quantitative estimate of drug-likeness (QED) is 0.800. The molecule has 1 atom stereocenters. The molecule has 0 spiro atoms. The van der Waals surface area contributed by atoms with Crippen molar-refractivity contribution >= 4 is 39.1 Å². The number of ether oxygens (including phenoxy) is 1. The van der Waals surface area contributed by atoms with Crippen molar-refractivity contribution < 1.29 is 4.74 Å². The van der Waals surface area contributed by atoms with Gasteiger partial charge in [-0.3, -0.25) is 4.99 Å². The maximum atomic E-state index is 5.58. The maximum Gasteiger partial charge on any atom is 0.175 e. The summed E-state index contributed by atoms with van der Waals surface area (Å²) >= 11 is 9.17. The summed E-state index contributed by atoms with van der Waals surface area (Å²) in [7, 11) is 1.67. The fourth-order valence-corrected chi connectivity index (χ4v) is 4.11. The Bertz CT molecular complexity index is 836. The third kappa shape index (κ3) is 2.24. The smallest absolute Gasteiger partial charge is 0.175 e. The van der Waals surface area contributed by atoms with Crippen LogP contribution in [-0.4, -0.2) is 36.0 Å². The summed E-state index contributed by atoms with van der Waals surface area (Å²) in [5.74, 6) is 1.80. The average molecular weight is 402 g/mol. The van der Waals surface area contributed by atoms with Gasteiger partial charge < -0.3 is 15.0 Å². The summed E-state index contributed by atoms with van der Waals surface area (Å²) in [6.45, 7) is 1.59. The Morgan fingerprint density at radius 3 is 2.71 bits per heavy atom. The van der Waals surface area contributed by atoms with Gasteiger partial charge in [0.25, 0.3) is 0 Å². The predicted octanol–water partition coefficient (Wildman–Crippen LogP) is 3.30. The first-order valence-electron chi connectivity index (χ1n) is 7.70. The van der Waals surface area contributed by atoms with Crippen LogP contribution >= 0.6 is 28.1 Å². The van der Waals surface area contributed by atoms with E-state index in [0.29, 0.717) is 0 Å². The molecule has 6 heteroatoms. The van der Waals surface area contributed by atoms with E-state index in [4.69, 9.17) is 21.9 Å². The molecule has 24 heavy (non-hydrogen) atoms. The molecule has 1 fully saturated rings. The Morgan fingerprint density at radius 1 is 1.21 bits per heavy atom. The molecule has 0 aromatic heterocycles. The summed E-state index contributed by atoms with van der Waals surface area (Å²) in [6, 6.07) is 16.4. The first-order valence-corrected chi connectivity index (χ1v) is 8.90. The minimum atomic E-state index is -0.566. The summed E-state index contributed by atoms with van der Waals surface area (Å²) in [5.41, 5.74) is 1.63. The number of nitrogens with zero attached hydrogens (tertiary/aromatic N) is 2. The van der Waals surface area contributed by atoms with Crippen molar-refractivity contribution in [1.82, 2.24) is 10.2 Å². The Balaban J connectivity index is 1.94. The predicted molar refractivity (Wildman–Crippen MR) is 103 cm³/mol. The number of amidine groups is 1. The minimum absolute atomic E-state index is 0.566. The van der Waals surface area contributed by atoms with Crippen molar-refractivity contribution in [3.8, 4) is 5.75 Å². The zero-order valence-corrected chi connectivity index (χ0v) is 15.5. The molecule has 1 N–H and O–H groups in total.